The third-order valence-corrected chi connectivity index (χ3v) is 5.66. The molecule has 0 atom stereocenters. The number of benzene rings is 1. The number of nitrogens with zero attached hydrogens (tertiary/aromatic N) is 4. The van der Waals surface area contributed by atoms with Crippen LogP contribution in [0.25, 0.3) is 6.08 Å². The number of rotatable bonds is 7. The van der Waals surface area contributed by atoms with Crippen molar-refractivity contribution < 1.29 is 19.1 Å². The summed E-state index contributed by atoms with van der Waals surface area (Å²) in [5, 5.41) is 1.86. The first-order valence-electron chi connectivity index (χ1n) is 9.93. The molecule has 0 saturated carbocycles. The van der Waals surface area contributed by atoms with E-state index >= 15 is 0 Å². The zero-order chi connectivity index (χ0) is 21.6. The van der Waals surface area contributed by atoms with Crippen LogP contribution in [-0.2, 0) is 9.53 Å². The van der Waals surface area contributed by atoms with E-state index in [1.54, 1.807) is 19.3 Å². The molecule has 162 valence electrons. The average Bonchev–Trinajstić information content (AvgIpc) is 3.11. The van der Waals surface area contributed by atoms with Crippen molar-refractivity contribution in [1.29, 1.82) is 0 Å². The van der Waals surface area contributed by atoms with Gasteiger partial charge in [-0.25, -0.2) is 4.98 Å². The van der Waals surface area contributed by atoms with Gasteiger partial charge in [0.1, 0.15) is 6.61 Å². The zero-order valence-corrected chi connectivity index (χ0v) is 17.9. The maximum absolute atomic E-state index is 11.9. The van der Waals surface area contributed by atoms with Crippen molar-refractivity contribution in [2.75, 3.05) is 56.3 Å². The van der Waals surface area contributed by atoms with Gasteiger partial charge in [0.05, 0.1) is 17.2 Å². The fraction of sp³-hybridized carbons (Fsp3) is 0.333. The number of ether oxygens (including phenoxy) is 2. The highest BCUT2D eigenvalue weighted by Gasteiger charge is 2.26. The van der Waals surface area contributed by atoms with Gasteiger partial charge in [-0.1, -0.05) is 18.2 Å². The number of methoxy groups -OCH3 is 1. The van der Waals surface area contributed by atoms with E-state index in [4.69, 9.17) is 9.47 Å². The second-order valence-corrected chi connectivity index (χ2v) is 7.95. The van der Waals surface area contributed by atoms with Crippen molar-refractivity contribution in [3.05, 3.63) is 47.0 Å². The lowest BCUT2D eigenvalue weighted by molar-refractivity contribution is -0.115. The van der Waals surface area contributed by atoms with Gasteiger partial charge in [0.25, 0.3) is 11.1 Å². The Morgan fingerprint density at radius 2 is 1.81 bits per heavy atom. The molecule has 4 rings (SSSR count). The van der Waals surface area contributed by atoms with Gasteiger partial charge < -0.3 is 19.3 Å². The van der Waals surface area contributed by atoms with Crippen molar-refractivity contribution >= 4 is 40.6 Å². The number of nitrogens with one attached hydrogen (secondary N) is 1. The first-order chi connectivity index (χ1) is 15.1. The Bertz CT molecular complexity index is 977. The summed E-state index contributed by atoms with van der Waals surface area (Å²) in [6.45, 7) is 3.95. The van der Waals surface area contributed by atoms with Crippen molar-refractivity contribution in [3.8, 4) is 5.88 Å². The number of carbonyl (C=O) groups excluding carboxylic acids is 2. The number of anilines is 2. The van der Waals surface area contributed by atoms with Crippen LogP contribution >= 0.6 is 11.8 Å². The summed E-state index contributed by atoms with van der Waals surface area (Å²) < 4.78 is 10.7. The van der Waals surface area contributed by atoms with E-state index in [-0.39, 0.29) is 5.24 Å². The third-order valence-electron chi connectivity index (χ3n) is 4.85. The highest BCUT2D eigenvalue weighted by Crippen LogP contribution is 2.27. The molecule has 1 aromatic carbocycles. The van der Waals surface area contributed by atoms with Gasteiger partial charge in [0.15, 0.2) is 0 Å². The van der Waals surface area contributed by atoms with E-state index in [0.29, 0.717) is 35.6 Å². The molecule has 10 heteroatoms. The van der Waals surface area contributed by atoms with Crippen LogP contribution in [0.5, 0.6) is 5.88 Å². The summed E-state index contributed by atoms with van der Waals surface area (Å²) in [5.74, 6) is 0.506. The maximum atomic E-state index is 11.9. The zero-order valence-electron chi connectivity index (χ0n) is 17.1. The quantitative estimate of drug-likeness (QED) is 0.512. The smallest absolute Gasteiger partial charge is 0.290 e. The average molecular weight is 442 g/mol. The molecule has 9 nitrogen and oxygen atoms in total. The summed E-state index contributed by atoms with van der Waals surface area (Å²) in [6, 6.07) is 11.9. The van der Waals surface area contributed by atoms with Crippen LogP contribution < -0.4 is 19.9 Å². The van der Waals surface area contributed by atoms with Crippen molar-refractivity contribution in [3.63, 3.8) is 0 Å². The molecular formula is C21H23N5O4S. The summed E-state index contributed by atoms with van der Waals surface area (Å²) in [4.78, 5) is 37.3. The normalized spacial score (nSPS) is 17.9. The molecule has 3 heterocycles. The van der Waals surface area contributed by atoms with E-state index in [1.165, 1.54) is 5.69 Å². The Labute approximate surface area is 184 Å². The first-order valence-corrected chi connectivity index (χ1v) is 10.7. The number of imide groups is 1. The van der Waals surface area contributed by atoms with Gasteiger partial charge in [0.2, 0.25) is 11.8 Å². The molecular weight excluding hydrogens is 418 g/mol. The van der Waals surface area contributed by atoms with Crippen LogP contribution in [0.1, 0.15) is 5.69 Å². The first kappa shape index (κ1) is 21.1. The largest absolute Gasteiger partial charge is 0.475 e. The minimum absolute atomic E-state index is 0.298. The number of piperazine rings is 1. The number of thioether (sulfide) groups is 1. The highest BCUT2D eigenvalue weighted by molar-refractivity contribution is 8.18. The summed E-state index contributed by atoms with van der Waals surface area (Å²) in [6.07, 6.45) is 1.58. The van der Waals surface area contributed by atoms with E-state index in [9.17, 15) is 9.59 Å². The van der Waals surface area contributed by atoms with Crippen molar-refractivity contribution in [1.82, 2.24) is 15.3 Å². The molecule has 0 radical (unpaired) electrons. The number of hydrogen-bond acceptors (Lipinski definition) is 9. The fourth-order valence-electron chi connectivity index (χ4n) is 3.31. The number of aromatic nitrogens is 2. The van der Waals surface area contributed by atoms with Crippen LogP contribution in [0, 0.1) is 0 Å². The molecule has 1 N–H and O–H groups in total. The summed E-state index contributed by atoms with van der Waals surface area (Å²) in [5.41, 5.74) is 1.70. The van der Waals surface area contributed by atoms with Gasteiger partial charge in [-0.3, -0.25) is 14.9 Å². The van der Waals surface area contributed by atoms with E-state index < -0.39 is 5.91 Å². The summed E-state index contributed by atoms with van der Waals surface area (Å²) >= 11 is 0.855. The molecule has 0 aliphatic carbocycles. The van der Waals surface area contributed by atoms with Crippen LogP contribution in [-0.4, -0.2) is 67.6 Å². The lowest BCUT2D eigenvalue weighted by atomic mass is 10.2. The van der Waals surface area contributed by atoms with Crippen LogP contribution in [0.2, 0.25) is 0 Å². The minimum Gasteiger partial charge on any atom is -0.475 e. The van der Waals surface area contributed by atoms with Crippen molar-refractivity contribution in [2.45, 2.75) is 0 Å². The molecule has 0 bridgehead atoms. The number of amides is 2. The van der Waals surface area contributed by atoms with E-state index in [0.717, 1.165) is 37.9 Å². The molecule has 0 unspecified atom stereocenters. The number of para-hydroxylation sites is 1. The molecule has 31 heavy (non-hydrogen) atoms. The second kappa shape index (κ2) is 9.80. The Morgan fingerprint density at radius 3 is 2.48 bits per heavy atom. The Morgan fingerprint density at radius 1 is 1.06 bits per heavy atom. The van der Waals surface area contributed by atoms with E-state index in [2.05, 4.69) is 37.2 Å². The predicted molar refractivity (Wildman–Crippen MR) is 119 cm³/mol. The van der Waals surface area contributed by atoms with Gasteiger partial charge in [-0.2, -0.15) is 4.98 Å². The molecule has 2 saturated heterocycles. The molecule has 2 fully saturated rings. The number of carbonyl (C=O) groups is 2. The molecule has 0 spiro atoms. The lowest BCUT2D eigenvalue weighted by Crippen LogP contribution is -2.47. The molecule has 2 aromatic rings. The fourth-order valence-corrected chi connectivity index (χ4v) is 3.97. The predicted octanol–water partition coefficient (Wildman–Crippen LogP) is 2.15. The standard InChI is InChI=1S/C21H23N5O4S/c1-29-11-12-30-18-14-15(13-17-19(27)24-21(28)31-17)22-20(23-18)26-9-7-25(8-10-26)16-5-3-2-4-6-16/h2-6,13-14H,7-12H2,1H3,(H,24,27,28)/b17-13-. The van der Waals surface area contributed by atoms with Gasteiger partial charge in [0, 0.05) is 45.0 Å². The summed E-state index contributed by atoms with van der Waals surface area (Å²) in [7, 11) is 1.60. The maximum Gasteiger partial charge on any atom is 0.290 e. The topological polar surface area (TPSA) is 96.9 Å². The second-order valence-electron chi connectivity index (χ2n) is 6.93. The molecule has 2 aliphatic rings. The van der Waals surface area contributed by atoms with Gasteiger partial charge in [-0.15, -0.1) is 0 Å². The highest BCUT2D eigenvalue weighted by atomic mass is 32.2. The Hall–Kier alpha value is -3.11. The van der Waals surface area contributed by atoms with Crippen LogP contribution in [0.4, 0.5) is 16.4 Å². The Kier molecular flexibility index (Phi) is 6.68. The lowest BCUT2D eigenvalue weighted by Gasteiger charge is -2.36. The molecule has 2 aliphatic heterocycles. The van der Waals surface area contributed by atoms with Gasteiger partial charge in [-0.05, 0) is 30.0 Å². The Balaban J connectivity index is 1.53. The molecule has 1 aromatic heterocycles. The van der Waals surface area contributed by atoms with Crippen LogP contribution in [0.15, 0.2) is 41.3 Å². The monoisotopic (exact) mass is 441 g/mol. The van der Waals surface area contributed by atoms with Crippen molar-refractivity contribution in [2.24, 2.45) is 0 Å². The SMILES string of the molecule is COCCOc1cc(/C=C2\SC(=O)NC2=O)nc(N2CCN(c3ccccc3)CC2)n1. The van der Waals surface area contributed by atoms with Gasteiger partial charge >= 0.3 is 0 Å². The minimum atomic E-state index is -0.423. The van der Waals surface area contributed by atoms with E-state index in [1.807, 2.05) is 18.2 Å². The third kappa shape index (κ3) is 5.33. The number of hydrogen-bond donors (Lipinski definition) is 1. The van der Waals surface area contributed by atoms with Crippen LogP contribution in [0.3, 0.4) is 0 Å². The molecule has 2 amide bonds.